The smallest absolute Gasteiger partial charge is 0.475 e. The van der Waals surface area contributed by atoms with Gasteiger partial charge < -0.3 is 10.0 Å². The highest BCUT2D eigenvalue weighted by atomic mass is 19.4. The number of nitrogens with zero attached hydrogens (tertiary/aromatic N) is 5. The molecular formula is C22H28F3N5O2. The Morgan fingerprint density at radius 3 is 2.44 bits per heavy atom. The van der Waals surface area contributed by atoms with Crippen LogP contribution in [-0.2, 0) is 11.3 Å². The highest BCUT2D eigenvalue weighted by Crippen LogP contribution is 2.38. The number of pyridine rings is 1. The predicted molar refractivity (Wildman–Crippen MR) is 113 cm³/mol. The van der Waals surface area contributed by atoms with Gasteiger partial charge in [-0.15, -0.1) is 0 Å². The highest BCUT2D eigenvalue weighted by Gasteiger charge is 2.45. The van der Waals surface area contributed by atoms with Crippen molar-refractivity contribution in [3.63, 3.8) is 0 Å². The number of anilines is 1. The summed E-state index contributed by atoms with van der Waals surface area (Å²) in [6.45, 7) is 8.29. The van der Waals surface area contributed by atoms with Crippen LogP contribution in [0.15, 0.2) is 30.6 Å². The van der Waals surface area contributed by atoms with E-state index < -0.39 is 12.1 Å². The van der Waals surface area contributed by atoms with Crippen LogP contribution in [0.2, 0.25) is 0 Å². The Bertz CT molecular complexity index is 923. The first-order valence-electron chi connectivity index (χ1n) is 10.6. The van der Waals surface area contributed by atoms with Crippen LogP contribution in [0, 0.1) is 13.8 Å². The number of hydrogen-bond acceptors (Lipinski definition) is 6. The van der Waals surface area contributed by atoms with Gasteiger partial charge in [-0.05, 0) is 57.4 Å². The predicted octanol–water partition coefficient (Wildman–Crippen LogP) is 3.76. The molecule has 2 aliphatic rings. The summed E-state index contributed by atoms with van der Waals surface area (Å²) >= 11 is 0. The van der Waals surface area contributed by atoms with Gasteiger partial charge in [-0.2, -0.15) is 13.2 Å². The Kier molecular flexibility index (Phi) is 7.33. The lowest BCUT2D eigenvalue weighted by molar-refractivity contribution is -0.192. The molecule has 1 atom stereocenters. The lowest BCUT2D eigenvalue weighted by atomic mass is 9.85. The molecule has 4 heterocycles. The molecule has 2 aliphatic heterocycles. The van der Waals surface area contributed by atoms with E-state index in [0.29, 0.717) is 0 Å². The molecule has 2 saturated heterocycles. The first kappa shape index (κ1) is 23.9. The summed E-state index contributed by atoms with van der Waals surface area (Å²) in [5.41, 5.74) is 3.65. The standard InChI is InChI=1S/C20H27N5.C2HF3O2/c1-16-12-21-19(22-13-16)24-11-9-20(15-24)8-3-4-10-25(20)14-18-7-5-6-17(2)23-18;3-2(4,5)1(6)7/h5-7,12-13H,3-4,8-11,14-15H2,1-2H3;(H,6,7). The molecule has 4 rings (SSSR count). The molecule has 2 aromatic heterocycles. The number of likely N-dealkylation sites (tertiary alicyclic amines) is 1. The monoisotopic (exact) mass is 451 g/mol. The zero-order valence-corrected chi connectivity index (χ0v) is 18.3. The molecule has 174 valence electrons. The van der Waals surface area contributed by atoms with Gasteiger partial charge in [-0.25, -0.2) is 14.8 Å². The number of hydrogen-bond donors (Lipinski definition) is 1. The Hall–Kier alpha value is -2.75. The fraction of sp³-hybridized carbons (Fsp3) is 0.545. The van der Waals surface area contributed by atoms with Crippen LogP contribution >= 0.6 is 0 Å². The van der Waals surface area contributed by atoms with Gasteiger partial charge in [0.1, 0.15) is 0 Å². The number of carboxylic acids is 1. The molecule has 0 aromatic carbocycles. The van der Waals surface area contributed by atoms with Crippen LogP contribution < -0.4 is 4.90 Å². The van der Waals surface area contributed by atoms with Gasteiger partial charge in [0.05, 0.1) is 5.69 Å². The van der Waals surface area contributed by atoms with Gasteiger partial charge in [0.2, 0.25) is 5.95 Å². The van der Waals surface area contributed by atoms with Crippen LogP contribution in [0.25, 0.3) is 0 Å². The fourth-order valence-corrected chi connectivity index (χ4v) is 4.32. The maximum atomic E-state index is 10.6. The van der Waals surface area contributed by atoms with E-state index >= 15 is 0 Å². The number of carboxylic acid groups (broad SMARTS) is 1. The van der Waals surface area contributed by atoms with Crippen LogP contribution in [0.3, 0.4) is 0 Å². The summed E-state index contributed by atoms with van der Waals surface area (Å²) in [5, 5.41) is 7.12. The first-order chi connectivity index (χ1) is 15.1. The first-order valence-corrected chi connectivity index (χ1v) is 10.6. The number of carbonyl (C=O) groups is 1. The van der Waals surface area contributed by atoms with E-state index in [0.717, 1.165) is 43.4 Å². The number of piperidine rings is 1. The van der Waals surface area contributed by atoms with Gasteiger partial charge in [-0.3, -0.25) is 9.88 Å². The molecule has 0 amide bonds. The third-order valence-corrected chi connectivity index (χ3v) is 5.91. The van der Waals surface area contributed by atoms with Gasteiger partial charge in [-0.1, -0.05) is 12.5 Å². The van der Waals surface area contributed by atoms with Crippen molar-refractivity contribution < 1.29 is 23.1 Å². The number of rotatable bonds is 3. The quantitative estimate of drug-likeness (QED) is 0.761. The molecule has 10 heteroatoms. The largest absolute Gasteiger partial charge is 0.490 e. The van der Waals surface area contributed by atoms with Crippen molar-refractivity contribution in [2.24, 2.45) is 0 Å². The van der Waals surface area contributed by atoms with E-state index in [1.807, 2.05) is 19.3 Å². The molecular weight excluding hydrogens is 423 g/mol. The van der Waals surface area contributed by atoms with E-state index in [1.165, 1.54) is 31.4 Å². The molecule has 32 heavy (non-hydrogen) atoms. The molecule has 7 nitrogen and oxygen atoms in total. The van der Waals surface area contributed by atoms with E-state index in [1.54, 1.807) is 0 Å². The third kappa shape index (κ3) is 5.93. The lowest BCUT2D eigenvalue weighted by Gasteiger charge is -2.44. The second-order valence-corrected chi connectivity index (χ2v) is 8.41. The number of aliphatic carboxylic acids is 1. The van der Waals surface area contributed by atoms with Gasteiger partial charge in [0.15, 0.2) is 0 Å². The lowest BCUT2D eigenvalue weighted by Crippen LogP contribution is -2.53. The van der Waals surface area contributed by atoms with Crippen molar-refractivity contribution in [1.82, 2.24) is 19.9 Å². The van der Waals surface area contributed by atoms with Crippen molar-refractivity contribution in [2.75, 3.05) is 24.5 Å². The van der Waals surface area contributed by atoms with Gasteiger partial charge in [0.25, 0.3) is 0 Å². The summed E-state index contributed by atoms with van der Waals surface area (Å²) in [6, 6.07) is 6.35. The maximum Gasteiger partial charge on any atom is 0.490 e. The van der Waals surface area contributed by atoms with Crippen LogP contribution in [-0.4, -0.2) is 62.3 Å². The van der Waals surface area contributed by atoms with E-state index in [2.05, 4.69) is 44.9 Å². The second kappa shape index (κ2) is 9.81. The zero-order valence-electron chi connectivity index (χ0n) is 18.3. The minimum Gasteiger partial charge on any atom is -0.475 e. The van der Waals surface area contributed by atoms with Crippen molar-refractivity contribution in [3.8, 4) is 0 Å². The van der Waals surface area contributed by atoms with Crippen molar-refractivity contribution in [1.29, 1.82) is 0 Å². The van der Waals surface area contributed by atoms with E-state index in [4.69, 9.17) is 14.9 Å². The zero-order chi connectivity index (χ0) is 23.4. The molecule has 0 aliphatic carbocycles. The number of halogens is 3. The normalized spacial score (nSPS) is 21.3. The minimum atomic E-state index is -5.08. The minimum absolute atomic E-state index is 0.248. The molecule has 1 unspecified atom stereocenters. The topological polar surface area (TPSA) is 82.5 Å². The third-order valence-electron chi connectivity index (χ3n) is 5.91. The van der Waals surface area contributed by atoms with Gasteiger partial charge >= 0.3 is 12.1 Å². The highest BCUT2D eigenvalue weighted by molar-refractivity contribution is 5.73. The summed E-state index contributed by atoms with van der Waals surface area (Å²) in [5.74, 6) is -1.88. The average molecular weight is 451 g/mol. The van der Waals surface area contributed by atoms with E-state index in [9.17, 15) is 13.2 Å². The van der Waals surface area contributed by atoms with Gasteiger partial charge in [0, 0.05) is 43.3 Å². The second-order valence-electron chi connectivity index (χ2n) is 8.41. The van der Waals surface area contributed by atoms with Crippen LogP contribution in [0.5, 0.6) is 0 Å². The summed E-state index contributed by atoms with van der Waals surface area (Å²) in [4.78, 5) is 27.7. The van der Waals surface area contributed by atoms with Crippen molar-refractivity contribution in [3.05, 3.63) is 47.5 Å². The fourth-order valence-electron chi connectivity index (χ4n) is 4.32. The Balaban J connectivity index is 0.000000360. The summed E-state index contributed by atoms with van der Waals surface area (Å²) < 4.78 is 31.7. The average Bonchev–Trinajstić information content (AvgIpc) is 3.15. The molecule has 0 bridgehead atoms. The number of aromatic nitrogens is 3. The SMILES string of the molecule is Cc1cnc(N2CCC3(CCCCN3Cc3cccc(C)n3)C2)nc1.O=C(O)C(F)(F)F. The van der Waals surface area contributed by atoms with Crippen LogP contribution in [0.4, 0.5) is 19.1 Å². The van der Waals surface area contributed by atoms with Crippen molar-refractivity contribution >= 4 is 11.9 Å². The Morgan fingerprint density at radius 2 is 1.81 bits per heavy atom. The van der Waals surface area contributed by atoms with Crippen LogP contribution in [0.1, 0.15) is 42.6 Å². The Morgan fingerprint density at radius 1 is 1.12 bits per heavy atom. The molecule has 0 saturated carbocycles. The number of aryl methyl sites for hydroxylation is 2. The maximum absolute atomic E-state index is 10.6. The van der Waals surface area contributed by atoms with E-state index in [-0.39, 0.29) is 5.54 Å². The molecule has 2 fully saturated rings. The molecule has 1 spiro atoms. The number of alkyl halides is 3. The molecule has 0 radical (unpaired) electrons. The molecule has 2 aromatic rings. The molecule has 1 N–H and O–H groups in total. The van der Waals surface area contributed by atoms with Crippen molar-refractivity contribution in [2.45, 2.75) is 57.8 Å². The Labute approximate surface area is 185 Å². The summed E-state index contributed by atoms with van der Waals surface area (Å²) in [7, 11) is 0. The summed E-state index contributed by atoms with van der Waals surface area (Å²) in [6.07, 6.45) is 3.82.